The largest absolute Gasteiger partial charge is 0.231 e. The maximum Gasteiger partial charge on any atom is 0.225 e. The van der Waals surface area contributed by atoms with E-state index in [1.165, 1.54) is 19.3 Å². The van der Waals surface area contributed by atoms with Crippen LogP contribution in [0.25, 0.3) is 28.5 Å². The molecule has 2 heterocycles. The van der Waals surface area contributed by atoms with Gasteiger partial charge in [0.15, 0.2) is 0 Å². The summed E-state index contributed by atoms with van der Waals surface area (Å²) in [6.07, 6.45) is 5.84. The molecular formula is C23H21Cl3N6. The van der Waals surface area contributed by atoms with Crippen LogP contribution in [0.2, 0.25) is 15.1 Å². The van der Waals surface area contributed by atoms with Gasteiger partial charge in [-0.05, 0) is 55.3 Å². The second-order valence-electron chi connectivity index (χ2n) is 8.06. The number of hydrogen-bond donors (Lipinski definition) is 0. The predicted molar refractivity (Wildman–Crippen MR) is 128 cm³/mol. The van der Waals surface area contributed by atoms with Crippen molar-refractivity contribution in [2.24, 2.45) is 0 Å². The first kappa shape index (κ1) is 21.4. The lowest BCUT2D eigenvalue weighted by atomic mass is 9.96. The first-order chi connectivity index (χ1) is 15.5. The van der Waals surface area contributed by atoms with E-state index in [2.05, 4.69) is 10.3 Å². The van der Waals surface area contributed by atoms with Crippen LogP contribution >= 0.6 is 34.8 Å². The van der Waals surface area contributed by atoms with Crippen LogP contribution < -0.4 is 0 Å². The summed E-state index contributed by atoms with van der Waals surface area (Å²) in [6.45, 7) is 2.01. The molecule has 0 radical (unpaired) electrons. The Hall–Kier alpha value is -2.41. The van der Waals surface area contributed by atoms with Gasteiger partial charge in [-0.2, -0.15) is 9.90 Å². The van der Waals surface area contributed by atoms with Crippen molar-refractivity contribution in [2.45, 2.75) is 45.1 Å². The second-order valence-corrected chi connectivity index (χ2v) is 9.34. The molecule has 4 aromatic rings. The van der Waals surface area contributed by atoms with Gasteiger partial charge in [0.2, 0.25) is 5.82 Å². The molecule has 6 nitrogen and oxygen atoms in total. The third kappa shape index (κ3) is 4.03. The van der Waals surface area contributed by atoms with Crippen LogP contribution in [-0.2, 0) is 0 Å². The average Bonchev–Trinajstić information content (AvgIpc) is 3.40. The van der Waals surface area contributed by atoms with Gasteiger partial charge >= 0.3 is 0 Å². The van der Waals surface area contributed by atoms with E-state index in [-0.39, 0.29) is 0 Å². The molecule has 5 rings (SSSR count). The van der Waals surface area contributed by atoms with Crippen LogP contribution in [0.4, 0.5) is 0 Å². The first-order valence-corrected chi connectivity index (χ1v) is 11.8. The van der Waals surface area contributed by atoms with Crippen LogP contribution in [0.3, 0.4) is 0 Å². The predicted octanol–water partition coefficient (Wildman–Crippen LogP) is 6.97. The molecule has 0 N–H and O–H groups in total. The number of nitrogens with zero attached hydrogens (tertiary/aromatic N) is 6. The Morgan fingerprint density at radius 1 is 0.875 bits per heavy atom. The molecule has 0 unspecified atom stereocenters. The van der Waals surface area contributed by atoms with Crippen LogP contribution in [0, 0.1) is 6.92 Å². The number of benzene rings is 2. The number of halogens is 3. The molecule has 0 amide bonds. The molecule has 1 fully saturated rings. The van der Waals surface area contributed by atoms with Crippen molar-refractivity contribution < 1.29 is 0 Å². The van der Waals surface area contributed by atoms with Gasteiger partial charge in [-0.3, -0.25) is 0 Å². The fraction of sp³-hybridized carbons (Fsp3) is 0.304. The zero-order valence-corrected chi connectivity index (χ0v) is 19.7. The summed E-state index contributed by atoms with van der Waals surface area (Å²) in [4.78, 5) is 1.75. The Balaban J connectivity index is 1.64. The molecular weight excluding hydrogens is 467 g/mol. The SMILES string of the molecule is Cc1c(-c2nnn(C3CCCCC3)n2)nn(-c2ccc(Cl)cc2Cl)c1-c1ccc(Cl)cc1. The minimum Gasteiger partial charge on any atom is -0.231 e. The van der Waals surface area contributed by atoms with Crippen LogP contribution in [0.5, 0.6) is 0 Å². The van der Waals surface area contributed by atoms with Crippen LogP contribution in [0.15, 0.2) is 42.5 Å². The molecule has 1 aliphatic rings. The number of hydrogen-bond acceptors (Lipinski definition) is 4. The van der Waals surface area contributed by atoms with Crippen molar-refractivity contribution in [3.63, 3.8) is 0 Å². The fourth-order valence-corrected chi connectivity index (χ4v) is 4.88. The summed E-state index contributed by atoms with van der Waals surface area (Å²) in [5, 5.41) is 20.0. The van der Waals surface area contributed by atoms with Gasteiger partial charge in [0, 0.05) is 21.2 Å². The van der Waals surface area contributed by atoms with E-state index in [9.17, 15) is 0 Å². The minimum absolute atomic E-state index is 0.300. The molecule has 0 bridgehead atoms. The van der Waals surface area contributed by atoms with Crippen LogP contribution in [0.1, 0.15) is 43.7 Å². The number of rotatable bonds is 4. The molecule has 0 atom stereocenters. The van der Waals surface area contributed by atoms with Gasteiger partial charge in [0.1, 0.15) is 5.69 Å². The smallest absolute Gasteiger partial charge is 0.225 e. The summed E-state index contributed by atoms with van der Waals surface area (Å²) in [6, 6.07) is 13.3. The van der Waals surface area contributed by atoms with Crippen molar-refractivity contribution >= 4 is 34.8 Å². The highest BCUT2D eigenvalue weighted by atomic mass is 35.5. The van der Waals surface area contributed by atoms with Gasteiger partial charge in [0.25, 0.3) is 0 Å². The fourth-order valence-electron chi connectivity index (χ4n) is 4.27. The van der Waals surface area contributed by atoms with E-state index >= 15 is 0 Å². The Morgan fingerprint density at radius 3 is 2.31 bits per heavy atom. The Morgan fingerprint density at radius 2 is 1.59 bits per heavy atom. The highest BCUT2D eigenvalue weighted by Crippen LogP contribution is 2.36. The highest BCUT2D eigenvalue weighted by Gasteiger charge is 2.24. The van der Waals surface area contributed by atoms with Gasteiger partial charge < -0.3 is 0 Å². The van der Waals surface area contributed by atoms with Crippen LogP contribution in [-0.4, -0.2) is 30.0 Å². The molecule has 32 heavy (non-hydrogen) atoms. The lowest BCUT2D eigenvalue weighted by molar-refractivity contribution is 0.297. The zero-order valence-electron chi connectivity index (χ0n) is 17.5. The summed E-state index contributed by atoms with van der Waals surface area (Å²) < 4.78 is 1.81. The molecule has 0 spiro atoms. The lowest BCUT2D eigenvalue weighted by Gasteiger charge is -2.19. The van der Waals surface area contributed by atoms with Crippen molar-refractivity contribution in [3.8, 4) is 28.5 Å². The summed E-state index contributed by atoms with van der Waals surface area (Å²) >= 11 is 18.8. The molecule has 2 aromatic carbocycles. The molecule has 1 saturated carbocycles. The molecule has 2 aromatic heterocycles. The van der Waals surface area contributed by atoms with E-state index in [0.29, 0.717) is 32.6 Å². The van der Waals surface area contributed by atoms with Crippen molar-refractivity contribution in [1.29, 1.82) is 0 Å². The minimum atomic E-state index is 0.300. The molecule has 0 saturated heterocycles. The molecule has 1 aliphatic carbocycles. The Bertz CT molecular complexity index is 1260. The Kier molecular flexibility index (Phi) is 5.93. The monoisotopic (exact) mass is 486 g/mol. The average molecular weight is 488 g/mol. The maximum atomic E-state index is 6.55. The third-order valence-corrected chi connectivity index (χ3v) is 6.71. The summed E-state index contributed by atoms with van der Waals surface area (Å²) in [5.41, 5.74) is 4.16. The number of tetrazole rings is 1. The van der Waals surface area contributed by atoms with Crippen molar-refractivity contribution in [3.05, 3.63) is 63.1 Å². The van der Waals surface area contributed by atoms with E-state index in [1.807, 2.05) is 41.9 Å². The van der Waals surface area contributed by atoms with Gasteiger partial charge in [0.05, 0.1) is 22.4 Å². The normalized spacial score (nSPS) is 14.8. The first-order valence-electron chi connectivity index (χ1n) is 10.6. The van der Waals surface area contributed by atoms with Gasteiger partial charge in [-0.15, -0.1) is 10.2 Å². The standard InChI is InChI=1S/C23H21Cl3N6/c1-14-21(23-27-30-32(29-23)18-5-3-2-4-6-18)28-31(20-12-11-17(25)13-19(20)26)22(14)15-7-9-16(24)10-8-15/h7-13,18H,2-6H2,1H3. The van der Waals surface area contributed by atoms with E-state index in [0.717, 1.165) is 35.3 Å². The topological polar surface area (TPSA) is 61.4 Å². The van der Waals surface area contributed by atoms with Gasteiger partial charge in [-0.1, -0.05) is 66.2 Å². The molecule has 0 aliphatic heterocycles. The molecule has 164 valence electrons. The maximum absolute atomic E-state index is 6.55. The number of aromatic nitrogens is 6. The van der Waals surface area contributed by atoms with E-state index in [4.69, 9.17) is 45.0 Å². The summed E-state index contributed by atoms with van der Waals surface area (Å²) in [5.74, 6) is 0.507. The van der Waals surface area contributed by atoms with E-state index < -0.39 is 0 Å². The Labute approximate surface area is 201 Å². The highest BCUT2D eigenvalue weighted by molar-refractivity contribution is 6.35. The third-order valence-electron chi connectivity index (χ3n) is 5.92. The quantitative estimate of drug-likeness (QED) is 0.312. The summed E-state index contributed by atoms with van der Waals surface area (Å²) in [7, 11) is 0. The van der Waals surface area contributed by atoms with Gasteiger partial charge in [-0.25, -0.2) is 4.68 Å². The van der Waals surface area contributed by atoms with E-state index in [1.54, 1.807) is 16.9 Å². The zero-order chi connectivity index (χ0) is 22.2. The lowest BCUT2D eigenvalue weighted by Crippen LogP contribution is -2.15. The van der Waals surface area contributed by atoms with Crippen molar-refractivity contribution in [1.82, 2.24) is 30.0 Å². The second kappa shape index (κ2) is 8.85. The molecule has 9 heteroatoms. The van der Waals surface area contributed by atoms with Crippen molar-refractivity contribution in [2.75, 3.05) is 0 Å².